The van der Waals surface area contributed by atoms with Gasteiger partial charge in [-0.1, -0.05) is 188 Å². The van der Waals surface area contributed by atoms with Gasteiger partial charge < -0.3 is 9.32 Å². The second-order valence-corrected chi connectivity index (χ2v) is 17.0. The molecule has 12 rings (SSSR count). The van der Waals surface area contributed by atoms with Gasteiger partial charge in [-0.2, -0.15) is 0 Å². The van der Waals surface area contributed by atoms with Crippen LogP contribution in [0.3, 0.4) is 0 Å². The number of fused-ring (bicyclic) bond motifs is 6. The zero-order valence-electron chi connectivity index (χ0n) is 34.3. The number of benzene rings is 10. The van der Waals surface area contributed by atoms with Crippen LogP contribution in [-0.2, 0) is 0 Å². The van der Waals surface area contributed by atoms with Crippen molar-refractivity contribution in [1.82, 2.24) is 0 Å². The second-order valence-electron chi connectivity index (χ2n) is 16.0. The van der Waals surface area contributed by atoms with Gasteiger partial charge in [0.2, 0.25) is 0 Å². The monoisotopic (exact) mass is 821 g/mol. The van der Waals surface area contributed by atoms with Gasteiger partial charge in [0.25, 0.3) is 0 Å². The van der Waals surface area contributed by atoms with Crippen LogP contribution in [0.25, 0.3) is 97.7 Å². The number of hydrogen-bond donors (Lipinski definition) is 0. The molecule has 2 heterocycles. The molecular weight excluding hydrogens is 783 g/mol. The molecule has 0 atom stereocenters. The van der Waals surface area contributed by atoms with Crippen LogP contribution in [0.1, 0.15) is 0 Å². The quantitative estimate of drug-likeness (QED) is 0.152. The fourth-order valence-electron chi connectivity index (χ4n) is 9.40. The highest BCUT2D eigenvalue weighted by Crippen LogP contribution is 2.51. The van der Waals surface area contributed by atoms with Crippen molar-refractivity contribution in [3.05, 3.63) is 237 Å². The third kappa shape index (κ3) is 6.41. The molecule has 0 amide bonds. The molecule has 0 bridgehead atoms. The number of nitrogens with zero attached hydrogens (tertiary/aromatic N) is 1. The molecule has 12 aromatic rings. The largest absolute Gasteiger partial charge is 0.456 e. The van der Waals surface area contributed by atoms with E-state index < -0.39 is 0 Å². The van der Waals surface area contributed by atoms with Gasteiger partial charge in [-0.05, 0) is 104 Å². The summed E-state index contributed by atoms with van der Waals surface area (Å²) in [5.74, 6) is 0. The maximum atomic E-state index is 6.75. The summed E-state index contributed by atoms with van der Waals surface area (Å²) in [7, 11) is 0. The minimum absolute atomic E-state index is 0.854. The average molecular weight is 822 g/mol. The van der Waals surface area contributed by atoms with Crippen molar-refractivity contribution >= 4 is 70.5 Å². The minimum Gasteiger partial charge on any atom is -0.456 e. The Morgan fingerprint density at radius 2 is 0.857 bits per heavy atom. The molecule has 0 aliphatic carbocycles. The van der Waals surface area contributed by atoms with Crippen LogP contribution in [-0.4, -0.2) is 0 Å². The molecule has 0 saturated heterocycles. The van der Waals surface area contributed by atoms with E-state index in [-0.39, 0.29) is 0 Å². The normalized spacial score (nSPS) is 11.5. The molecule has 0 aliphatic rings. The average Bonchev–Trinajstić information content (AvgIpc) is 3.94. The van der Waals surface area contributed by atoms with Crippen molar-refractivity contribution in [2.24, 2.45) is 0 Å². The third-order valence-corrected chi connectivity index (χ3v) is 13.5. The van der Waals surface area contributed by atoms with Crippen molar-refractivity contribution in [3.8, 4) is 55.6 Å². The van der Waals surface area contributed by atoms with E-state index in [1.165, 1.54) is 59.1 Å². The number of anilines is 3. The van der Waals surface area contributed by atoms with E-state index in [9.17, 15) is 0 Å². The molecule has 2 aromatic heterocycles. The standard InChI is InChI=1S/C60H39NOS/c1-4-17-40(18-5-1)44-33-36-51-56(39-44)62-55-29-16-28-53(58(51)55)61(54-38-37-48(42-21-8-3-9-22-42)60-59(54)52-27-14-15-30-57(52)63-60)45-34-31-43(32-35-45)47-24-11-13-26-50(47)49-25-12-10-23-46(49)41-19-6-2-7-20-41/h1-39H. The Labute approximate surface area is 370 Å². The third-order valence-electron chi connectivity index (χ3n) is 12.3. The molecule has 3 heteroatoms. The number of rotatable bonds is 8. The molecule has 296 valence electrons. The molecule has 0 unspecified atom stereocenters. The minimum atomic E-state index is 0.854. The van der Waals surface area contributed by atoms with Crippen LogP contribution in [0, 0.1) is 0 Å². The Kier molecular flexibility index (Phi) is 9.06. The first kappa shape index (κ1) is 36.8. The van der Waals surface area contributed by atoms with E-state index in [4.69, 9.17) is 4.42 Å². The summed E-state index contributed by atoms with van der Waals surface area (Å²) < 4.78 is 9.28. The molecule has 63 heavy (non-hydrogen) atoms. The molecule has 0 saturated carbocycles. The Morgan fingerprint density at radius 3 is 1.54 bits per heavy atom. The van der Waals surface area contributed by atoms with E-state index in [0.29, 0.717) is 0 Å². The summed E-state index contributed by atoms with van der Waals surface area (Å²) in [4.78, 5) is 2.46. The van der Waals surface area contributed by atoms with Gasteiger partial charge in [0.15, 0.2) is 0 Å². The Morgan fingerprint density at radius 1 is 0.317 bits per heavy atom. The topological polar surface area (TPSA) is 16.4 Å². The van der Waals surface area contributed by atoms with E-state index in [1.807, 2.05) is 11.3 Å². The zero-order valence-corrected chi connectivity index (χ0v) is 35.1. The van der Waals surface area contributed by atoms with Crippen LogP contribution in [0.15, 0.2) is 241 Å². The van der Waals surface area contributed by atoms with Gasteiger partial charge in [-0.3, -0.25) is 0 Å². The van der Waals surface area contributed by atoms with E-state index >= 15 is 0 Å². The molecule has 2 nitrogen and oxygen atoms in total. The predicted molar refractivity (Wildman–Crippen MR) is 268 cm³/mol. The van der Waals surface area contributed by atoms with Gasteiger partial charge in [0.1, 0.15) is 11.2 Å². The van der Waals surface area contributed by atoms with E-state index in [2.05, 4.69) is 241 Å². The zero-order chi connectivity index (χ0) is 41.7. The SMILES string of the molecule is c1ccc(-c2ccc3c(c2)oc2cccc(N(c4ccc(-c5ccccc5-c5ccccc5-c5ccccc5)cc4)c4ccc(-c5ccccc5)c5sc6ccccc6c45)c23)cc1. The van der Waals surface area contributed by atoms with Gasteiger partial charge >= 0.3 is 0 Å². The fourth-order valence-corrected chi connectivity index (χ4v) is 10.7. The maximum absolute atomic E-state index is 6.75. The Balaban J connectivity index is 1.07. The van der Waals surface area contributed by atoms with Crippen molar-refractivity contribution in [2.75, 3.05) is 4.90 Å². The molecule has 0 fully saturated rings. The second kappa shape index (κ2) is 15.5. The van der Waals surface area contributed by atoms with Crippen molar-refractivity contribution in [1.29, 1.82) is 0 Å². The van der Waals surface area contributed by atoms with Crippen LogP contribution in [0.4, 0.5) is 17.1 Å². The van der Waals surface area contributed by atoms with Gasteiger partial charge in [-0.25, -0.2) is 0 Å². The van der Waals surface area contributed by atoms with E-state index in [1.54, 1.807) is 0 Å². The highest BCUT2D eigenvalue weighted by Gasteiger charge is 2.24. The first-order valence-electron chi connectivity index (χ1n) is 21.4. The van der Waals surface area contributed by atoms with Crippen LogP contribution in [0.5, 0.6) is 0 Å². The Bertz CT molecular complexity index is 3610. The van der Waals surface area contributed by atoms with E-state index in [0.717, 1.165) is 55.7 Å². The van der Waals surface area contributed by atoms with Crippen molar-refractivity contribution in [2.45, 2.75) is 0 Å². The molecule has 0 radical (unpaired) electrons. The summed E-state index contributed by atoms with van der Waals surface area (Å²) >= 11 is 1.87. The van der Waals surface area contributed by atoms with Crippen LogP contribution >= 0.6 is 11.3 Å². The van der Waals surface area contributed by atoms with Gasteiger partial charge in [0, 0.05) is 31.2 Å². The molecule has 0 aliphatic heterocycles. The molecule has 0 N–H and O–H groups in total. The summed E-state index contributed by atoms with van der Waals surface area (Å²) in [6, 6.07) is 85.2. The lowest BCUT2D eigenvalue weighted by Crippen LogP contribution is -2.11. The van der Waals surface area contributed by atoms with Gasteiger partial charge in [-0.15, -0.1) is 11.3 Å². The van der Waals surface area contributed by atoms with Crippen molar-refractivity contribution < 1.29 is 4.42 Å². The molecular formula is C60H39NOS. The highest BCUT2D eigenvalue weighted by molar-refractivity contribution is 7.26. The highest BCUT2D eigenvalue weighted by atomic mass is 32.1. The predicted octanol–water partition coefficient (Wildman–Crippen LogP) is 17.8. The number of furan rings is 1. The Hall–Kier alpha value is -7.98. The van der Waals surface area contributed by atoms with Crippen molar-refractivity contribution in [3.63, 3.8) is 0 Å². The first-order chi connectivity index (χ1) is 31.3. The lowest BCUT2D eigenvalue weighted by atomic mass is 9.89. The van der Waals surface area contributed by atoms with Gasteiger partial charge in [0.05, 0.1) is 16.8 Å². The number of hydrogen-bond acceptors (Lipinski definition) is 3. The van der Waals surface area contributed by atoms with Crippen LogP contribution < -0.4 is 4.90 Å². The van der Waals surface area contributed by atoms with Crippen LogP contribution in [0.2, 0.25) is 0 Å². The summed E-state index contributed by atoms with van der Waals surface area (Å²) in [6.07, 6.45) is 0. The summed E-state index contributed by atoms with van der Waals surface area (Å²) in [5.41, 5.74) is 16.9. The molecule has 0 spiro atoms. The smallest absolute Gasteiger partial charge is 0.137 e. The summed E-state index contributed by atoms with van der Waals surface area (Å²) in [5, 5.41) is 4.65. The summed E-state index contributed by atoms with van der Waals surface area (Å²) in [6.45, 7) is 0. The fraction of sp³-hybridized carbons (Fsp3) is 0. The maximum Gasteiger partial charge on any atom is 0.137 e. The number of thiophene rings is 1. The lowest BCUT2D eigenvalue weighted by molar-refractivity contribution is 0.669. The lowest BCUT2D eigenvalue weighted by Gasteiger charge is -2.28. The first-order valence-corrected chi connectivity index (χ1v) is 22.2. The molecule has 10 aromatic carbocycles.